The van der Waals surface area contributed by atoms with E-state index < -0.39 is 0 Å². The predicted molar refractivity (Wildman–Crippen MR) is 41.4 cm³/mol. The highest BCUT2D eigenvalue weighted by atomic mass is 14.9. The van der Waals surface area contributed by atoms with Crippen LogP contribution in [0.2, 0.25) is 0 Å². The summed E-state index contributed by atoms with van der Waals surface area (Å²) in [6.45, 7) is 8.22. The van der Waals surface area contributed by atoms with Crippen molar-refractivity contribution in [3.63, 3.8) is 0 Å². The van der Waals surface area contributed by atoms with E-state index >= 15 is 0 Å². The third-order valence-corrected chi connectivity index (χ3v) is 1.52. The second-order valence-corrected chi connectivity index (χ2v) is 2.64. The minimum atomic E-state index is 0.495. The Labute approximate surface area is 57.8 Å². The average molecular weight is 130 g/mol. The molecule has 1 unspecified atom stereocenters. The molecule has 0 amide bonds. The molecule has 0 bridgehead atoms. The summed E-state index contributed by atoms with van der Waals surface area (Å²) in [6, 6.07) is 0.495. The quantitative estimate of drug-likeness (QED) is 0.584. The van der Waals surface area contributed by atoms with Crippen LogP contribution in [-0.2, 0) is 0 Å². The lowest BCUT2D eigenvalue weighted by atomic mass is 10.1. The minimum Gasteiger partial charge on any atom is -0.329 e. The lowest BCUT2D eigenvalue weighted by Gasteiger charge is -2.18. The highest BCUT2D eigenvalue weighted by Gasteiger charge is 2.07. The third-order valence-electron chi connectivity index (χ3n) is 1.52. The summed E-state index contributed by atoms with van der Waals surface area (Å²) in [6.07, 6.45) is 0. The van der Waals surface area contributed by atoms with E-state index in [1.807, 2.05) is 0 Å². The molecule has 0 fully saturated rings. The van der Waals surface area contributed by atoms with Gasteiger partial charge in [0.05, 0.1) is 0 Å². The second-order valence-electron chi connectivity index (χ2n) is 2.64. The zero-order valence-corrected chi connectivity index (χ0v) is 6.65. The molecule has 0 aliphatic rings. The first-order valence-electron chi connectivity index (χ1n) is 3.65. The first-order valence-corrected chi connectivity index (χ1v) is 3.65. The van der Waals surface area contributed by atoms with Gasteiger partial charge in [0.25, 0.3) is 0 Å². The van der Waals surface area contributed by atoms with Crippen molar-refractivity contribution in [1.82, 2.24) is 5.32 Å². The molecule has 1 atom stereocenters. The molecule has 0 aliphatic carbocycles. The monoisotopic (exact) mass is 130 g/mol. The largest absolute Gasteiger partial charge is 0.329 e. The minimum absolute atomic E-state index is 0.495. The van der Waals surface area contributed by atoms with Gasteiger partial charge in [-0.3, -0.25) is 0 Å². The second kappa shape index (κ2) is 4.77. The van der Waals surface area contributed by atoms with E-state index in [0.717, 1.165) is 13.1 Å². The number of hydrogen-bond acceptors (Lipinski definition) is 2. The van der Waals surface area contributed by atoms with Crippen LogP contribution >= 0.6 is 0 Å². The van der Waals surface area contributed by atoms with Gasteiger partial charge in [-0.15, -0.1) is 0 Å². The van der Waals surface area contributed by atoms with Crippen molar-refractivity contribution in [2.75, 3.05) is 13.1 Å². The van der Waals surface area contributed by atoms with E-state index in [0.29, 0.717) is 12.0 Å². The van der Waals surface area contributed by atoms with Gasteiger partial charge in [-0.25, -0.2) is 0 Å². The molecule has 0 saturated carbocycles. The third kappa shape index (κ3) is 3.49. The fourth-order valence-corrected chi connectivity index (χ4v) is 0.853. The number of rotatable bonds is 4. The Balaban J connectivity index is 3.41. The van der Waals surface area contributed by atoms with Gasteiger partial charge in [0.2, 0.25) is 0 Å². The van der Waals surface area contributed by atoms with Crippen LogP contribution < -0.4 is 11.1 Å². The smallest absolute Gasteiger partial charge is 0.0213 e. The molecule has 0 aromatic carbocycles. The number of hydrogen-bond donors (Lipinski definition) is 2. The molecule has 0 heterocycles. The highest BCUT2D eigenvalue weighted by Crippen LogP contribution is 1.97. The Morgan fingerprint density at radius 1 is 1.44 bits per heavy atom. The zero-order chi connectivity index (χ0) is 7.28. The number of likely N-dealkylation sites (N-methyl/N-ethyl adjacent to an activating group) is 1. The van der Waals surface area contributed by atoms with Gasteiger partial charge in [-0.05, 0) is 12.5 Å². The van der Waals surface area contributed by atoms with Crippen LogP contribution in [0.1, 0.15) is 20.8 Å². The Morgan fingerprint density at radius 2 is 2.00 bits per heavy atom. The summed E-state index contributed by atoms with van der Waals surface area (Å²) < 4.78 is 0. The van der Waals surface area contributed by atoms with Gasteiger partial charge in [-0.2, -0.15) is 0 Å². The maximum Gasteiger partial charge on any atom is 0.0213 e. The maximum absolute atomic E-state index is 5.50. The van der Waals surface area contributed by atoms with Gasteiger partial charge < -0.3 is 11.1 Å². The summed E-state index contributed by atoms with van der Waals surface area (Å²) in [5.74, 6) is 0.648. The van der Waals surface area contributed by atoms with E-state index in [4.69, 9.17) is 5.73 Å². The lowest BCUT2D eigenvalue weighted by molar-refractivity contribution is 0.415. The van der Waals surface area contributed by atoms with Gasteiger partial charge in [0, 0.05) is 12.6 Å². The molecule has 0 aliphatic heterocycles. The molecule has 0 spiro atoms. The molecule has 0 radical (unpaired) electrons. The van der Waals surface area contributed by atoms with E-state index in [1.165, 1.54) is 0 Å². The summed E-state index contributed by atoms with van der Waals surface area (Å²) in [4.78, 5) is 0. The SMILES string of the molecule is CCNC(CN)C(C)C. The summed E-state index contributed by atoms with van der Waals surface area (Å²) in [5.41, 5.74) is 5.50. The lowest BCUT2D eigenvalue weighted by Crippen LogP contribution is -2.39. The van der Waals surface area contributed by atoms with E-state index in [9.17, 15) is 0 Å². The van der Waals surface area contributed by atoms with E-state index in [2.05, 4.69) is 26.1 Å². The molecule has 3 N–H and O–H groups in total. The van der Waals surface area contributed by atoms with Crippen molar-refractivity contribution in [2.24, 2.45) is 11.7 Å². The van der Waals surface area contributed by atoms with Crippen molar-refractivity contribution in [3.8, 4) is 0 Å². The van der Waals surface area contributed by atoms with E-state index in [-0.39, 0.29) is 0 Å². The molecule has 56 valence electrons. The molecule has 0 aromatic heterocycles. The first-order chi connectivity index (χ1) is 4.22. The topological polar surface area (TPSA) is 38.0 Å². The van der Waals surface area contributed by atoms with Crippen molar-refractivity contribution >= 4 is 0 Å². The summed E-state index contributed by atoms with van der Waals surface area (Å²) in [7, 11) is 0. The van der Waals surface area contributed by atoms with Gasteiger partial charge in [-0.1, -0.05) is 20.8 Å². The van der Waals surface area contributed by atoms with Gasteiger partial charge >= 0.3 is 0 Å². The summed E-state index contributed by atoms with van der Waals surface area (Å²) >= 11 is 0. The van der Waals surface area contributed by atoms with Gasteiger partial charge in [0.1, 0.15) is 0 Å². The van der Waals surface area contributed by atoms with Crippen molar-refractivity contribution in [3.05, 3.63) is 0 Å². The normalized spacial score (nSPS) is 14.3. The Bertz CT molecular complexity index is 61.9. The number of nitrogens with one attached hydrogen (secondary N) is 1. The van der Waals surface area contributed by atoms with Crippen LogP contribution in [0.5, 0.6) is 0 Å². The van der Waals surface area contributed by atoms with Crippen molar-refractivity contribution < 1.29 is 0 Å². The molecular weight excluding hydrogens is 112 g/mol. The summed E-state index contributed by atoms with van der Waals surface area (Å²) in [5, 5.41) is 3.31. The number of nitrogens with two attached hydrogens (primary N) is 1. The molecular formula is C7H18N2. The molecule has 0 rings (SSSR count). The molecule has 0 saturated heterocycles. The fraction of sp³-hybridized carbons (Fsp3) is 1.00. The predicted octanol–water partition coefficient (Wildman–Crippen LogP) is 0.579. The Kier molecular flexibility index (Phi) is 4.72. The van der Waals surface area contributed by atoms with Crippen molar-refractivity contribution in [1.29, 1.82) is 0 Å². The highest BCUT2D eigenvalue weighted by molar-refractivity contribution is 4.69. The van der Waals surface area contributed by atoms with Crippen LogP contribution in [0.3, 0.4) is 0 Å². The standard InChI is InChI=1S/C7H18N2/c1-4-9-7(5-8)6(2)3/h6-7,9H,4-5,8H2,1-3H3. The Morgan fingerprint density at radius 3 is 2.11 bits per heavy atom. The van der Waals surface area contributed by atoms with Crippen LogP contribution in [0, 0.1) is 5.92 Å². The molecule has 2 heteroatoms. The van der Waals surface area contributed by atoms with Crippen LogP contribution in [-0.4, -0.2) is 19.1 Å². The van der Waals surface area contributed by atoms with Crippen LogP contribution in [0.25, 0.3) is 0 Å². The molecule has 2 nitrogen and oxygen atoms in total. The first kappa shape index (κ1) is 8.92. The van der Waals surface area contributed by atoms with Crippen LogP contribution in [0.15, 0.2) is 0 Å². The average Bonchev–Trinajstić information content (AvgIpc) is 1.82. The van der Waals surface area contributed by atoms with E-state index in [1.54, 1.807) is 0 Å². The maximum atomic E-state index is 5.50. The molecule has 0 aromatic rings. The van der Waals surface area contributed by atoms with Gasteiger partial charge in [0.15, 0.2) is 0 Å². The van der Waals surface area contributed by atoms with Crippen LogP contribution in [0.4, 0.5) is 0 Å². The van der Waals surface area contributed by atoms with Crippen molar-refractivity contribution in [2.45, 2.75) is 26.8 Å². The fourth-order valence-electron chi connectivity index (χ4n) is 0.853. The Hall–Kier alpha value is -0.0800. The zero-order valence-electron chi connectivity index (χ0n) is 6.65. The molecule has 9 heavy (non-hydrogen) atoms.